The molecule has 1 unspecified atom stereocenters. The molecule has 0 saturated carbocycles. The van der Waals surface area contributed by atoms with E-state index in [0.29, 0.717) is 12.6 Å². The number of hydrogen-bond acceptors (Lipinski definition) is 4. The van der Waals surface area contributed by atoms with Crippen LogP contribution in [0.3, 0.4) is 0 Å². The van der Waals surface area contributed by atoms with E-state index in [4.69, 9.17) is 4.99 Å². The summed E-state index contributed by atoms with van der Waals surface area (Å²) in [5.74, 6) is 1.67. The van der Waals surface area contributed by atoms with Gasteiger partial charge in [-0.15, -0.1) is 10.2 Å². The lowest BCUT2D eigenvalue weighted by atomic mass is 10.0. The maximum Gasteiger partial charge on any atom is 0.191 e. The number of aliphatic imine (C=N–C) groups is 1. The van der Waals surface area contributed by atoms with Gasteiger partial charge in [0, 0.05) is 31.9 Å². The van der Waals surface area contributed by atoms with E-state index in [1.54, 1.807) is 0 Å². The fraction of sp³-hybridized carbons (Fsp3) is 0.435. The molecule has 0 aliphatic carbocycles. The third-order valence-corrected chi connectivity index (χ3v) is 5.59. The first-order valence-corrected chi connectivity index (χ1v) is 10.9. The molecule has 3 aromatic rings. The van der Waals surface area contributed by atoms with Gasteiger partial charge in [0.2, 0.25) is 0 Å². The number of nitrogens with one attached hydrogen (secondary N) is 2. The molecule has 1 aromatic carbocycles. The Morgan fingerprint density at radius 1 is 1.07 bits per heavy atom. The first-order chi connectivity index (χ1) is 14.8. The molecule has 1 saturated heterocycles. The molecule has 0 amide bonds. The minimum atomic E-state index is 0.485. The molecule has 158 valence electrons. The number of benzene rings is 1. The molecule has 30 heavy (non-hydrogen) atoms. The average Bonchev–Trinajstić information content (AvgIpc) is 3.20. The summed E-state index contributed by atoms with van der Waals surface area (Å²) >= 11 is 0. The lowest BCUT2D eigenvalue weighted by Gasteiger charge is -2.36. The Labute approximate surface area is 178 Å². The summed E-state index contributed by atoms with van der Waals surface area (Å²) in [6.45, 7) is 6.45. The molecular weight excluding hydrogens is 374 g/mol. The third-order valence-electron chi connectivity index (χ3n) is 5.59. The number of aromatic nitrogens is 3. The third kappa shape index (κ3) is 5.16. The highest BCUT2D eigenvalue weighted by atomic mass is 15.3. The Bertz CT molecular complexity index is 950. The van der Waals surface area contributed by atoms with Crippen molar-refractivity contribution in [3.05, 3.63) is 66.1 Å². The smallest absolute Gasteiger partial charge is 0.191 e. The van der Waals surface area contributed by atoms with Crippen molar-refractivity contribution >= 4 is 11.6 Å². The summed E-state index contributed by atoms with van der Waals surface area (Å²) in [5, 5.41) is 15.4. The van der Waals surface area contributed by atoms with Crippen LogP contribution in [0.2, 0.25) is 0 Å². The normalized spacial score (nSPS) is 17.9. The van der Waals surface area contributed by atoms with E-state index in [1.165, 1.54) is 24.8 Å². The van der Waals surface area contributed by atoms with Gasteiger partial charge in [0.25, 0.3) is 0 Å². The summed E-state index contributed by atoms with van der Waals surface area (Å²) in [7, 11) is 0. The van der Waals surface area contributed by atoms with Gasteiger partial charge >= 0.3 is 0 Å². The highest BCUT2D eigenvalue weighted by Gasteiger charge is 2.22. The summed E-state index contributed by atoms with van der Waals surface area (Å²) in [4.78, 5) is 7.35. The van der Waals surface area contributed by atoms with Crippen LogP contribution in [0.5, 0.6) is 0 Å². The molecule has 7 nitrogen and oxygen atoms in total. The average molecular weight is 406 g/mol. The van der Waals surface area contributed by atoms with Gasteiger partial charge < -0.3 is 10.6 Å². The fourth-order valence-electron chi connectivity index (χ4n) is 4.02. The van der Waals surface area contributed by atoms with Gasteiger partial charge in [-0.25, -0.2) is 4.99 Å². The topological polar surface area (TPSA) is 69.8 Å². The van der Waals surface area contributed by atoms with Gasteiger partial charge in [-0.3, -0.25) is 9.30 Å². The van der Waals surface area contributed by atoms with Crippen molar-refractivity contribution in [1.29, 1.82) is 0 Å². The molecule has 0 radical (unpaired) electrons. The van der Waals surface area contributed by atoms with Crippen LogP contribution in [0.25, 0.3) is 5.65 Å². The summed E-state index contributed by atoms with van der Waals surface area (Å²) in [6, 6.07) is 17.2. The van der Waals surface area contributed by atoms with Gasteiger partial charge in [-0.05, 0) is 44.0 Å². The number of hydrogen-bond donors (Lipinski definition) is 2. The number of fused-ring (bicyclic) bond motifs is 1. The van der Waals surface area contributed by atoms with Crippen LogP contribution >= 0.6 is 0 Å². The molecule has 3 heterocycles. The van der Waals surface area contributed by atoms with E-state index in [2.05, 4.69) is 63.0 Å². The van der Waals surface area contributed by atoms with E-state index < -0.39 is 0 Å². The second-order valence-corrected chi connectivity index (χ2v) is 7.73. The van der Waals surface area contributed by atoms with Gasteiger partial charge in [-0.1, -0.05) is 42.8 Å². The molecule has 0 bridgehead atoms. The summed E-state index contributed by atoms with van der Waals surface area (Å²) < 4.78 is 1.98. The highest BCUT2D eigenvalue weighted by molar-refractivity contribution is 5.79. The molecule has 1 aliphatic heterocycles. The standard InChI is InChI=1S/C23H31N7/c1-2-24-23(26-17-22-28-27-21-13-7-9-15-30(21)22)25-16-20-12-6-8-14-29(20)18-19-10-4-3-5-11-19/h3-5,7,9-11,13,15,20H,2,6,8,12,14,16-18H2,1H3,(H2,24,25,26). The predicted molar refractivity (Wildman–Crippen MR) is 120 cm³/mol. The second-order valence-electron chi connectivity index (χ2n) is 7.73. The molecular formula is C23H31N7. The zero-order valence-electron chi connectivity index (χ0n) is 17.7. The van der Waals surface area contributed by atoms with Gasteiger partial charge in [0.05, 0.1) is 0 Å². The van der Waals surface area contributed by atoms with Crippen LogP contribution in [-0.2, 0) is 13.1 Å². The lowest BCUT2D eigenvalue weighted by molar-refractivity contribution is 0.141. The Balaban J connectivity index is 1.38. The van der Waals surface area contributed by atoms with Crippen LogP contribution in [0, 0.1) is 0 Å². The molecule has 1 aliphatic rings. The summed E-state index contributed by atoms with van der Waals surface area (Å²) in [6.07, 6.45) is 5.76. The molecule has 0 spiro atoms. The first-order valence-electron chi connectivity index (χ1n) is 10.9. The second kappa shape index (κ2) is 10.2. The fourth-order valence-corrected chi connectivity index (χ4v) is 4.02. The van der Waals surface area contributed by atoms with E-state index in [0.717, 1.165) is 43.6 Å². The van der Waals surface area contributed by atoms with Crippen LogP contribution in [0.15, 0.2) is 59.7 Å². The first kappa shape index (κ1) is 20.3. The quantitative estimate of drug-likeness (QED) is 0.467. The van der Waals surface area contributed by atoms with Crippen molar-refractivity contribution in [1.82, 2.24) is 30.1 Å². The van der Waals surface area contributed by atoms with E-state index in [-0.39, 0.29) is 0 Å². The SMILES string of the molecule is CCNC(=NCc1nnc2ccccn12)NCC1CCCCN1Cc1ccccc1. The van der Waals surface area contributed by atoms with E-state index in [9.17, 15) is 0 Å². The zero-order valence-corrected chi connectivity index (χ0v) is 17.7. The Kier molecular flexibility index (Phi) is 6.92. The van der Waals surface area contributed by atoms with Crippen molar-refractivity contribution in [2.45, 2.75) is 45.3 Å². The van der Waals surface area contributed by atoms with Gasteiger partial charge in [-0.2, -0.15) is 0 Å². The number of likely N-dealkylation sites (tertiary alicyclic amines) is 1. The number of nitrogens with zero attached hydrogens (tertiary/aromatic N) is 5. The van der Waals surface area contributed by atoms with Gasteiger partial charge in [0.1, 0.15) is 6.54 Å². The number of guanidine groups is 1. The van der Waals surface area contributed by atoms with Crippen molar-refractivity contribution in [3.63, 3.8) is 0 Å². The van der Waals surface area contributed by atoms with Crippen LogP contribution in [0.1, 0.15) is 37.6 Å². The van der Waals surface area contributed by atoms with Crippen molar-refractivity contribution in [3.8, 4) is 0 Å². The molecule has 2 aromatic heterocycles. The molecule has 7 heteroatoms. The minimum Gasteiger partial charge on any atom is -0.357 e. The van der Waals surface area contributed by atoms with Gasteiger partial charge in [0.15, 0.2) is 17.4 Å². The molecule has 2 N–H and O–H groups in total. The monoisotopic (exact) mass is 405 g/mol. The van der Waals surface area contributed by atoms with Crippen molar-refractivity contribution in [2.24, 2.45) is 4.99 Å². The maximum absolute atomic E-state index is 4.75. The maximum atomic E-state index is 4.75. The lowest BCUT2D eigenvalue weighted by Crippen LogP contribution is -2.48. The van der Waals surface area contributed by atoms with E-state index in [1.807, 2.05) is 28.8 Å². The van der Waals surface area contributed by atoms with E-state index >= 15 is 0 Å². The number of rotatable bonds is 7. The minimum absolute atomic E-state index is 0.485. The Morgan fingerprint density at radius 2 is 1.93 bits per heavy atom. The van der Waals surface area contributed by atoms with Crippen molar-refractivity contribution in [2.75, 3.05) is 19.6 Å². The molecule has 4 rings (SSSR count). The van der Waals surface area contributed by atoms with Crippen molar-refractivity contribution < 1.29 is 0 Å². The number of pyridine rings is 1. The van der Waals surface area contributed by atoms with Crippen LogP contribution in [-0.4, -0.2) is 51.1 Å². The predicted octanol–water partition coefficient (Wildman–Crippen LogP) is 2.84. The molecule has 1 atom stereocenters. The van der Waals surface area contributed by atoms with Crippen LogP contribution < -0.4 is 10.6 Å². The molecule has 1 fully saturated rings. The Hall–Kier alpha value is -2.93. The zero-order chi connectivity index (χ0) is 20.6. The highest BCUT2D eigenvalue weighted by Crippen LogP contribution is 2.19. The Morgan fingerprint density at radius 3 is 2.80 bits per heavy atom. The van der Waals surface area contributed by atoms with Crippen LogP contribution in [0.4, 0.5) is 0 Å². The summed E-state index contributed by atoms with van der Waals surface area (Å²) in [5.41, 5.74) is 2.23. The largest absolute Gasteiger partial charge is 0.357 e. The number of piperidine rings is 1.